The molecule has 1 N–H and O–H groups in total. The van der Waals surface area contributed by atoms with Gasteiger partial charge in [-0.3, -0.25) is 14.5 Å². The highest BCUT2D eigenvalue weighted by Gasteiger charge is 2.40. The molecule has 0 aliphatic carbocycles. The van der Waals surface area contributed by atoms with Crippen molar-refractivity contribution >= 4 is 17.5 Å². The average molecular weight is 577 g/mol. The fourth-order valence-electron chi connectivity index (χ4n) is 4.79. The van der Waals surface area contributed by atoms with E-state index in [1.54, 1.807) is 36.4 Å². The Morgan fingerprint density at radius 3 is 2.52 bits per heavy atom. The number of ether oxygens (including phenoxy) is 1. The van der Waals surface area contributed by atoms with Crippen molar-refractivity contribution in [3.8, 4) is 11.1 Å². The Labute approximate surface area is 230 Å². The van der Waals surface area contributed by atoms with Crippen LogP contribution in [0.4, 0.5) is 22.0 Å². The molecule has 5 rings (SSSR count). The fraction of sp³-hybridized carbons (Fsp3) is 0.250. The van der Waals surface area contributed by atoms with Gasteiger partial charge >= 0.3 is 6.18 Å². The molecule has 0 fully saturated rings. The highest BCUT2D eigenvalue weighted by atomic mass is 35.5. The molecule has 1 atom stereocenters. The number of alkyl halides is 3. The molecular formula is C28H22ClF5N4O2. The second kappa shape index (κ2) is 11.3. The first-order valence-corrected chi connectivity index (χ1v) is 12.6. The van der Waals surface area contributed by atoms with Crippen molar-refractivity contribution in [3.05, 3.63) is 106 Å². The van der Waals surface area contributed by atoms with Gasteiger partial charge in [0.15, 0.2) is 5.69 Å². The Bertz CT molecular complexity index is 1520. The molecule has 0 bridgehead atoms. The summed E-state index contributed by atoms with van der Waals surface area (Å²) in [5.74, 6) is -2.23. The topological polar surface area (TPSA) is 69.0 Å². The van der Waals surface area contributed by atoms with E-state index >= 15 is 0 Å². The average Bonchev–Trinajstić information content (AvgIpc) is 3.27. The van der Waals surface area contributed by atoms with Gasteiger partial charge in [0, 0.05) is 40.5 Å². The minimum Gasteiger partial charge on any atom is -0.376 e. The Morgan fingerprint density at radius 2 is 1.82 bits per heavy atom. The summed E-state index contributed by atoms with van der Waals surface area (Å²) in [6, 6.07) is 12.5. The standard InChI is InChI=1S/C28H22ClF5N4O2/c29-18-5-3-17(4-6-18)21-2-1-8-35-26(21)23(12-16-10-19(30)13-20(31)11-16)36-25(39)14-38-24-7-9-40-15-22(24)27(37-38)28(32,33)34/h1-6,8,10-11,13,23H,7,9,12,14-15H2,(H,36,39)/t23-/m0/s1. The first-order valence-electron chi connectivity index (χ1n) is 12.3. The number of benzene rings is 2. The Hall–Kier alpha value is -3.83. The zero-order chi connectivity index (χ0) is 28.4. The molecule has 1 aliphatic rings. The van der Waals surface area contributed by atoms with Crippen molar-refractivity contribution in [3.63, 3.8) is 0 Å². The van der Waals surface area contributed by atoms with Gasteiger partial charge in [0.2, 0.25) is 5.91 Å². The molecule has 4 aromatic rings. The molecule has 208 valence electrons. The van der Waals surface area contributed by atoms with Gasteiger partial charge in [-0.1, -0.05) is 29.8 Å². The van der Waals surface area contributed by atoms with Crippen LogP contribution < -0.4 is 5.32 Å². The molecule has 0 saturated heterocycles. The van der Waals surface area contributed by atoms with Crippen molar-refractivity contribution < 1.29 is 31.5 Å². The third-order valence-electron chi connectivity index (χ3n) is 6.48. The second-order valence-corrected chi connectivity index (χ2v) is 9.71. The van der Waals surface area contributed by atoms with Crippen LogP contribution >= 0.6 is 11.6 Å². The van der Waals surface area contributed by atoms with Crippen LogP contribution in [0.5, 0.6) is 0 Å². The molecule has 0 radical (unpaired) electrons. The number of nitrogens with zero attached hydrogens (tertiary/aromatic N) is 3. The predicted molar refractivity (Wildman–Crippen MR) is 136 cm³/mol. The number of hydrogen-bond donors (Lipinski definition) is 1. The molecule has 6 nitrogen and oxygen atoms in total. The van der Waals surface area contributed by atoms with E-state index in [1.165, 1.54) is 6.20 Å². The van der Waals surface area contributed by atoms with Crippen LogP contribution in [0.25, 0.3) is 11.1 Å². The van der Waals surface area contributed by atoms with Crippen LogP contribution in [0.1, 0.15) is 34.3 Å². The van der Waals surface area contributed by atoms with Crippen LogP contribution in [0.2, 0.25) is 5.02 Å². The third-order valence-corrected chi connectivity index (χ3v) is 6.73. The van der Waals surface area contributed by atoms with Crippen LogP contribution in [0.3, 0.4) is 0 Å². The first kappa shape index (κ1) is 27.7. The van der Waals surface area contributed by atoms with Gasteiger partial charge in [-0.25, -0.2) is 8.78 Å². The van der Waals surface area contributed by atoms with E-state index in [-0.39, 0.29) is 42.9 Å². The molecule has 3 heterocycles. The minimum atomic E-state index is -4.71. The molecular weight excluding hydrogens is 555 g/mol. The number of aromatic nitrogens is 3. The Kier molecular flexibility index (Phi) is 7.86. The molecule has 0 unspecified atom stereocenters. The lowest BCUT2D eigenvalue weighted by Crippen LogP contribution is -2.34. The monoisotopic (exact) mass is 576 g/mol. The lowest BCUT2D eigenvalue weighted by Gasteiger charge is -2.22. The highest BCUT2D eigenvalue weighted by Crippen LogP contribution is 2.35. The van der Waals surface area contributed by atoms with Gasteiger partial charge in [0.05, 0.1) is 24.9 Å². The summed E-state index contributed by atoms with van der Waals surface area (Å²) in [5.41, 5.74) is 1.11. The van der Waals surface area contributed by atoms with E-state index in [1.807, 2.05) is 0 Å². The van der Waals surface area contributed by atoms with Gasteiger partial charge < -0.3 is 10.1 Å². The maximum Gasteiger partial charge on any atom is 0.435 e. The smallest absolute Gasteiger partial charge is 0.376 e. The third kappa shape index (κ3) is 6.15. The van der Waals surface area contributed by atoms with E-state index in [0.29, 0.717) is 16.3 Å². The Balaban J connectivity index is 1.49. The molecule has 2 aromatic carbocycles. The molecule has 12 heteroatoms. The number of rotatable bonds is 7. The number of carbonyl (C=O) groups is 1. The summed E-state index contributed by atoms with van der Waals surface area (Å²) in [5, 5.41) is 7.00. The van der Waals surface area contributed by atoms with E-state index in [0.717, 1.165) is 28.4 Å². The molecule has 40 heavy (non-hydrogen) atoms. The molecule has 1 aliphatic heterocycles. The maximum atomic E-state index is 14.0. The molecule has 2 aromatic heterocycles. The zero-order valence-electron chi connectivity index (χ0n) is 20.8. The predicted octanol–water partition coefficient (Wildman–Crippen LogP) is 6.07. The van der Waals surface area contributed by atoms with Crippen molar-refractivity contribution in [2.24, 2.45) is 0 Å². The summed E-state index contributed by atoms with van der Waals surface area (Å²) < 4.78 is 75.0. The number of pyridine rings is 1. The minimum absolute atomic E-state index is 0.0448. The van der Waals surface area contributed by atoms with Gasteiger partial charge in [-0.2, -0.15) is 18.3 Å². The van der Waals surface area contributed by atoms with Crippen LogP contribution in [0, 0.1) is 11.6 Å². The lowest BCUT2D eigenvalue weighted by atomic mass is 9.95. The number of hydrogen-bond acceptors (Lipinski definition) is 4. The van der Waals surface area contributed by atoms with Crippen LogP contribution in [-0.2, 0) is 41.7 Å². The normalized spacial score (nSPS) is 14.1. The van der Waals surface area contributed by atoms with Gasteiger partial charge in [0.1, 0.15) is 18.2 Å². The lowest BCUT2D eigenvalue weighted by molar-refractivity contribution is -0.143. The number of nitrogens with one attached hydrogen (secondary N) is 1. The van der Waals surface area contributed by atoms with Crippen molar-refractivity contribution in [2.75, 3.05) is 6.61 Å². The summed E-state index contributed by atoms with van der Waals surface area (Å²) in [6.45, 7) is -0.558. The van der Waals surface area contributed by atoms with Gasteiger partial charge in [-0.05, 0) is 47.9 Å². The maximum absolute atomic E-state index is 14.0. The van der Waals surface area contributed by atoms with E-state index in [4.69, 9.17) is 16.3 Å². The highest BCUT2D eigenvalue weighted by molar-refractivity contribution is 6.30. The number of amides is 1. The summed E-state index contributed by atoms with van der Waals surface area (Å²) >= 11 is 6.03. The van der Waals surface area contributed by atoms with Gasteiger partial charge in [-0.15, -0.1) is 0 Å². The Morgan fingerprint density at radius 1 is 1.10 bits per heavy atom. The van der Waals surface area contributed by atoms with E-state index in [2.05, 4.69) is 15.4 Å². The molecule has 1 amide bonds. The quantitative estimate of drug-likeness (QED) is 0.271. The fourth-order valence-corrected chi connectivity index (χ4v) is 4.92. The number of fused-ring (bicyclic) bond motifs is 1. The van der Waals surface area contributed by atoms with Crippen molar-refractivity contribution in [1.82, 2.24) is 20.1 Å². The SMILES string of the molecule is O=C(Cn1nc(C(F)(F)F)c2c1CCOC2)N[C@@H](Cc1cc(F)cc(F)c1)c1ncccc1-c1ccc(Cl)cc1. The van der Waals surface area contributed by atoms with Gasteiger partial charge in [0.25, 0.3) is 0 Å². The van der Waals surface area contributed by atoms with E-state index < -0.39 is 42.0 Å². The largest absolute Gasteiger partial charge is 0.435 e. The van der Waals surface area contributed by atoms with Crippen molar-refractivity contribution in [2.45, 2.75) is 38.2 Å². The van der Waals surface area contributed by atoms with E-state index in [9.17, 15) is 26.7 Å². The van der Waals surface area contributed by atoms with Crippen molar-refractivity contribution in [1.29, 1.82) is 0 Å². The van der Waals surface area contributed by atoms with Crippen LogP contribution in [0.15, 0.2) is 60.8 Å². The molecule has 0 saturated carbocycles. The molecule has 0 spiro atoms. The number of carbonyl (C=O) groups excluding carboxylic acids is 1. The first-order chi connectivity index (χ1) is 19.1. The number of halogens is 6. The second-order valence-electron chi connectivity index (χ2n) is 9.28. The summed E-state index contributed by atoms with van der Waals surface area (Å²) in [6.07, 6.45) is -3.08. The summed E-state index contributed by atoms with van der Waals surface area (Å²) in [4.78, 5) is 17.7. The van der Waals surface area contributed by atoms with Crippen LogP contribution in [-0.4, -0.2) is 27.3 Å². The summed E-state index contributed by atoms with van der Waals surface area (Å²) in [7, 11) is 0. The zero-order valence-corrected chi connectivity index (χ0v) is 21.6.